The lowest BCUT2D eigenvalue weighted by Gasteiger charge is -2.18. The number of halogens is 1. The van der Waals surface area contributed by atoms with Gasteiger partial charge in [0, 0.05) is 23.7 Å². The van der Waals surface area contributed by atoms with E-state index >= 15 is 0 Å². The normalized spacial score (nSPS) is 10.1. The molecule has 0 unspecified atom stereocenters. The predicted octanol–water partition coefficient (Wildman–Crippen LogP) is 2.62. The molecule has 28 heavy (non-hydrogen) atoms. The molecule has 0 aliphatic heterocycles. The van der Waals surface area contributed by atoms with E-state index in [1.807, 2.05) is 0 Å². The Morgan fingerprint density at radius 1 is 1.04 bits per heavy atom. The van der Waals surface area contributed by atoms with Crippen molar-refractivity contribution in [1.82, 2.24) is 10.2 Å². The van der Waals surface area contributed by atoms with Crippen LogP contribution < -0.4 is 19.5 Å². The van der Waals surface area contributed by atoms with Gasteiger partial charge in [-0.25, -0.2) is 0 Å². The number of hydrogen-bond acceptors (Lipinski definition) is 5. The second-order valence-electron chi connectivity index (χ2n) is 5.91. The monoisotopic (exact) mass is 406 g/mol. The fraction of sp³-hybridized carbons (Fsp3) is 0.300. The Hall–Kier alpha value is -2.93. The number of methoxy groups -OCH3 is 2. The van der Waals surface area contributed by atoms with Gasteiger partial charge in [-0.3, -0.25) is 9.59 Å². The number of carbonyl (C=O) groups is 2. The van der Waals surface area contributed by atoms with Crippen molar-refractivity contribution in [3.63, 3.8) is 0 Å². The van der Waals surface area contributed by atoms with Crippen molar-refractivity contribution >= 4 is 23.4 Å². The van der Waals surface area contributed by atoms with Crippen LogP contribution in [0.15, 0.2) is 42.5 Å². The highest BCUT2D eigenvalue weighted by molar-refractivity contribution is 6.30. The summed E-state index contributed by atoms with van der Waals surface area (Å²) in [6, 6.07) is 11.8. The van der Waals surface area contributed by atoms with Crippen molar-refractivity contribution in [1.29, 1.82) is 0 Å². The minimum absolute atomic E-state index is 0.133. The summed E-state index contributed by atoms with van der Waals surface area (Å²) in [5.74, 6) is 0.984. The van der Waals surface area contributed by atoms with E-state index in [2.05, 4.69) is 5.32 Å². The van der Waals surface area contributed by atoms with E-state index < -0.39 is 5.91 Å². The molecule has 1 N–H and O–H groups in total. The molecule has 0 bridgehead atoms. The molecule has 0 radical (unpaired) electrons. The molecular weight excluding hydrogens is 384 g/mol. The molecule has 0 aliphatic rings. The molecule has 0 aromatic heterocycles. The van der Waals surface area contributed by atoms with Gasteiger partial charge >= 0.3 is 0 Å². The van der Waals surface area contributed by atoms with E-state index in [1.54, 1.807) is 49.5 Å². The maximum atomic E-state index is 12.3. The predicted molar refractivity (Wildman–Crippen MR) is 106 cm³/mol. The summed E-state index contributed by atoms with van der Waals surface area (Å²) in [6.07, 6.45) is 0. The lowest BCUT2D eigenvalue weighted by Crippen LogP contribution is -2.39. The molecule has 0 saturated carbocycles. The molecule has 0 heterocycles. The average Bonchev–Trinajstić information content (AvgIpc) is 2.71. The third kappa shape index (κ3) is 6.35. The van der Waals surface area contributed by atoms with Gasteiger partial charge < -0.3 is 24.4 Å². The van der Waals surface area contributed by atoms with Crippen molar-refractivity contribution in [3.8, 4) is 17.2 Å². The number of likely N-dealkylation sites (N-methyl/N-ethyl adjacent to an activating group) is 1. The SMILES string of the molecule is COc1cc(OC)cc(C(=O)NCC(=O)N(C)CCOc2cccc(Cl)c2)c1. The van der Waals surface area contributed by atoms with Crippen molar-refractivity contribution in [2.75, 3.05) is 41.0 Å². The Balaban J connectivity index is 1.81. The summed E-state index contributed by atoms with van der Waals surface area (Å²) in [5, 5.41) is 3.18. The van der Waals surface area contributed by atoms with Crippen LogP contribution in [0.25, 0.3) is 0 Å². The van der Waals surface area contributed by atoms with Crippen LogP contribution in [0.2, 0.25) is 5.02 Å². The third-order valence-electron chi connectivity index (χ3n) is 3.93. The lowest BCUT2D eigenvalue weighted by atomic mass is 10.2. The molecule has 2 aromatic carbocycles. The molecule has 2 rings (SSSR count). The van der Waals surface area contributed by atoms with Gasteiger partial charge in [0.1, 0.15) is 23.9 Å². The van der Waals surface area contributed by atoms with Gasteiger partial charge in [-0.2, -0.15) is 0 Å². The van der Waals surface area contributed by atoms with Gasteiger partial charge in [0.05, 0.1) is 27.3 Å². The smallest absolute Gasteiger partial charge is 0.251 e. The highest BCUT2D eigenvalue weighted by Gasteiger charge is 2.13. The number of ether oxygens (including phenoxy) is 3. The summed E-state index contributed by atoms with van der Waals surface area (Å²) in [5.41, 5.74) is 0.343. The number of rotatable bonds is 9. The summed E-state index contributed by atoms with van der Waals surface area (Å²) in [4.78, 5) is 26.0. The molecule has 0 spiro atoms. The number of benzene rings is 2. The number of nitrogens with one attached hydrogen (secondary N) is 1. The van der Waals surface area contributed by atoms with Crippen LogP contribution in [0.5, 0.6) is 17.2 Å². The second kappa shape index (κ2) is 10.4. The summed E-state index contributed by atoms with van der Waals surface area (Å²) < 4.78 is 15.8. The first-order chi connectivity index (χ1) is 13.4. The Morgan fingerprint density at radius 2 is 1.71 bits per heavy atom. The van der Waals surface area contributed by atoms with Gasteiger partial charge in [0.25, 0.3) is 5.91 Å². The van der Waals surface area contributed by atoms with Crippen LogP contribution in [0.4, 0.5) is 0 Å². The molecular formula is C20H23ClN2O5. The topological polar surface area (TPSA) is 77.1 Å². The van der Waals surface area contributed by atoms with E-state index in [4.69, 9.17) is 25.8 Å². The maximum Gasteiger partial charge on any atom is 0.251 e. The van der Waals surface area contributed by atoms with Crippen LogP contribution in [-0.2, 0) is 4.79 Å². The van der Waals surface area contributed by atoms with Crippen LogP contribution >= 0.6 is 11.6 Å². The maximum absolute atomic E-state index is 12.3. The van der Waals surface area contributed by atoms with E-state index in [0.717, 1.165) is 0 Å². The van der Waals surface area contributed by atoms with E-state index in [-0.39, 0.29) is 12.5 Å². The number of carbonyl (C=O) groups excluding carboxylic acids is 2. The highest BCUT2D eigenvalue weighted by atomic mass is 35.5. The summed E-state index contributed by atoms with van der Waals surface area (Å²) in [6.45, 7) is 0.545. The number of nitrogens with zero attached hydrogens (tertiary/aromatic N) is 1. The van der Waals surface area contributed by atoms with E-state index in [9.17, 15) is 9.59 Å². The molecule has 150 valence electrons. The number of amides is 2. The number of hydrogen-bond donors (Lipinski definition) is 1. The zero-order valence-corrected chi connectivity index (χ0v) is 16.8. The van der Waals surface area contributed by atoms with Gasteiger partial charge in [0.2, 0.25) is 5.91 Å². The quantitative estimate of drug-likeness (QED) is 0.692. The van der Waals surface area contributed by atoms with Gasteiger partial charge in [-0.1, -0.05) is 17.7 Å². The van der Waals surface area contributed by atoms with Crippen molar-refractivity contribution < 1.29 is 23.8 Å². The summed E-state index contributed by atoms with van der Waals surface area (Å²) in [7, 11) is 4.64. The Labute approximate surface area is 169 Å². The fourth-order valence-corrected chi connectivity index (χ4v) is 2.49. The third-order valence-corrected chi connectivity index (χ3v) is 4.17. The van der Waals surface area contributed by atoms with Crippen LogP contribution in [-0.4, -0.2) is 57.7 Å². The molecule has 2 amide bonds. The minimum Gasteiger partial charge on any atom is -0.497 e. The molecule has 2 aromatic rings. The Morgan fingerprint density at radius 3 is 2.32 bits per heavy atom. The van der Waals surface area contributed by atoms with Gasteiger partial charge in [-0.15, -0.1) is 0 Å². The van der Waals surface area contributed by atoms with E-state index in [1.165, 1.54) is 19.1 Å². The first kappa shape index (κ1) is 21.4. The Bertz CT molecular complexity index is 806. The average molecular weight is 407 g/mol. The first-order valence-electron chi connectivity index (χ1n) is 8.56. The molecule has 0 fully saturated rings. The molecule has 8 heteroatoms. The van der Waals surface area contributed by atoms with Gasteiger partial charge in [0.15, 0.2) is 0 Å². The lowest BCUT2D eigenvalue weighted by molar-refractivity contribution is -0.129. The van der Waals surface area contributed by atoms with E-state index in [0.29, 0.717) is 41.0 Å². The molecule has 0 saturated heterocycles. The fourth-order valence-electron chi connectivity index (χ4n) is 2.31. The van der Waals surface area contributed by atoms with Crippen molar-refractivity contribution in [2.45, 2.75) is 0 Å². The van der Waals surface area contributed by atoms with Crippen LogP contribution in [0, 0.1) is 0 Å². The van der Waals surface area contributed by atoms with Crippen LogP contribution in [0.1, 0.15) is 10.4 Å². The molecule has 0 aliphatic carbocycles. The highest BCUT2D eigenvalue weighted by Crippen LogP contribution is 2.22. The first-order valence-corrected chi connectivity index (χ1v) is 8.94. The standard InChI is InChI=1S/C20H23ClN2O5/c1-23(7-8-28-16-6-4-5-15(21)11-16)19(24)13-22-20(25)14-9-17(26-2)12-18(10-14)27-3/h4-6,9-12H,7-8,13H2,1-3H3,(H,22,25). The zero-order chi connectivity index (χ0) is 20.5. The molecule has 7 nitrogen and oxygen atoms in total. The Kier molecular flexibility index (Phi) is 7.95. The minimum atomic E-state index is -0.394. The van der Waals surface area contributed by atoms with Crippen molar-refractivity contribution in [3.05, 3.63) is 53.1 Å². The van der Waals surface area contributed by atoms with Crippen LogP contribution in [0.3, 0.4) is 0 Å². The molecule has 0 atom stereocenters. The largest absolute Gasteiger partial charge is 0.497 e. The second-order valence-corrected chi connectivity index (χ2v) is 6.34. The van der Waals surface area contributed by atoms with Crippen molar-refractivity contribution in [2.24, 2.45) is 0 Å². The zero-order valence-electron chi connectivity index (χ0n) is 16.0. The summed E-state index contributed by atoms with van der Waals surface area (Å²) >= 11 is 5.90. The van der Waals surface area contributed by atoms with Gasteiger partial charge in [-0.05, 0) is 30.3 Å².